The first-order valence-electron chi connectivity index (χ1n) is 5.14. The topological polar surface area (TPSA) is 67.5 Å². The van der Waals surface area contributed by atoms with E-state index in [1.807, 2.05) is 24.3 Å². The first-order valence-corrected chi connectivity index (χ1v) is 5.14. The van der Waals surface area contributed by atoms with Crippen molar-refractivity contribution in [2.75, 3.05) is 31.6 Å². The molecule has 0 amide bonds. The Morgan fingerprint density at radius 3 is 2.60 bits per heavy atom. The van der Waals surface area contributed by atoms with Gasteiger partial charge < -0.3 is 20.9 Å². The van der Waals surface area contributed by atoms with Crippen molar-refractivity contribution < 1.29 is 9.84 Å². The van der Waals surface area contributed by atoms with E-state index in [1.54, 1.807) is 0 Å². The highest BCUT2D eigenvalue weighted by Crippen LogP contribution is 2.15. The molecule has 1 aromatic rings. The smallest absolute Gasteiger partial charge is 0.119 e. The van der Waals surface area contributed by atoms with Crippen molar-refractivity contribution in [3.63, 3.8) is 0 Å². The van der Waals surface area contributed by atoms with Crippen LogP contribution in [0.1, 0.15) is 6.42 Å². The van der Waals surface area contributed by atoms with Crippen LogP contribution in [-0.4, -0.2) is 31.4 Å². The Hall–Kier alpha value is -1.26. The normalized spacial score (nSPS) is 10.0. The molecule has 1 rings (SSSR count). The molecule has 0 aliphatic carbocycles. The van der Waals surface area contributed by atoms with E-state index in [2.05, 4.69) is 5.32 Å². The fourth-order valence-corrected chi connectivity index (χ4v) is 1.14. The number of rotatable bonds is 7. The largest absolute Gasteiger partial charge is 0.494 e. The van der Waals surface area contributed by atoms with Crippen LogP contribution in [0.2, 0.25) is 0 Å². The standard InChI is InChI=1S/C11H18N2O2/c12-6-7-13-10-2-4-11(5-3-10)15-9-1-8-14/h2-5,13-14H,1,6-9,12H2. The van der Waals surface area contributed by atoms with Crippen LogP contribution in [-0.2, 0) is 0 Å². The lowest BCUT2D eigenvalue weighted by Gasteiger charge is -2.07. The van der Waals surface area contributed by atoms with Gasteiger partial charge in [0.25, 0.3) is 0 Å². The summed E-state index contributed by atoms with van der Waals surface area (Å²) >= 11 is 0. The molecule has 0 saturated heterocycles. The maximum Gasteiger partial charge on any atom is 0.119 e. The van der Waals surface area contributed by atoms with E-state index < -0.39 is 0 Å². The number of hydrogen-bond donors (Lipinski definition) is 3. The van der Waals surface area contributed by atoms with Crippen LogP contribution in [0.3, 0.4) is 0 Å². The third-order valence-corrected chi connectivity index (χ3v) is 1.90. The lowest BCUT2D eigenvalue weighted by molar-refractivity contribution is 0.233. The summed E-state index contributed by atoms with van der Waals surface area (Å²) in [4.78, 5) is 0. The Kier molecular flexibility index (Phi) is 5.58. The van der Waals surface area contributed by atoms with Gasteiger partial charge in [-0.3, -0.25) is 0 Å². The van der Waals surface area contributed by atoms with E-state index in [0.29, 0.717) is 19.6 Å². The van der Waals surface area contributed by atoms with E-state index in [1.165, 1.54) is 0 Å². The first-order chi connectivity index (χ1) is 7.36. The van der Waals surface area contributed by atoms with Crippen molar-refractivity contribution >= 4 is 5.69 Å². The van der Waals surface area contributed by atoms with Gasteiger partial charge in [0.05, 0.1) is 6.61 Å². The van der Waals surface area contributed by atoms with Crippen molar-refractivity contribution in [3.8, 4) is 5.75 Å². The van der Waals surface area contributed by atoms with Crippen molar-refractivity contribution in [2.45, 2.75) is 6.42 Å². The van der Waals surface area contributed by atoms with E-state index in [-0.39, 0.29) is 6.61 Å². The van der Waals surface area contributed by atoms with Crippen LogP contribution in [0, 0.1) is 0 Å². The van der Waals surface area contributed by atoms with Gasteiger partial charge in [-0.2, -0.15) is 0 Å². The zero-order chi connectivity index (χ0) is 10.9. The summed E-state index contributed by atoms with van der Waals surface area (Å²) in [6.07, 6.45) is 0.660. The third-order valence-electron chi connectivity index (χ3n) is 1.90. The summed E-state index contributed by atoms with van der Waals surface area (Å²) in [5.74, 6) is 0.821. The van der Waals surface area contributed by atoms with Gasteiger partial charge in [-0.1, -0.05) is 0 Å². The van der Waals surface area contributed by atoms with Gasteiger partial charge in [-0.05, 0) is 24.3 Å². The second kappa shape index (κ2) is 7.09. The van der Waals surface area contributed by atoms with Crippen LogP contribution >= 0.6 is 0 Å². The van der Waals surface area contributed by atoms with Gasteiger partial charge >= 0.3 is 0 Å². The molecule has 0 atom stereocenters. The van der Waals surface area contributed by atoms with Gasteiger partial charge in [0.1, 0.15) is 5.75 Å². The number of aliphatic hydroxyl groups is 1. The Labute approximate surface area is 90.1 Å². The lowest BCUT2D eigenvalue weighted by atomic mass is 10.3. The minimum Gasteiger partial charge on any atom is -0.494 e. The molecule has 4 nitrogen and oxygen atoms in total. The molecule has 0 unspecified atom stereocenters. The van der Waals surface area contributed by atoms with Crippen molar-refractivity contribution in [2.24, 2.45) is 5.73 Å². The number of aliphatic hydroxyl groups excluding tert-OH is 1. The average molecular weight is 210 g/mol. The fourth-order valence-electron chi connectivity index (χ4n) is 1.14. The van der Waals surface area contributed by atoms with Crippen LogP contribution in [0.15, 0.2) is 24.3 Å². The molecule has 0 heterocycles. The fraction of sp³-hybridized carbons (Fsp3) is 0.455. The molecule has 0 aromatic heterocycles. The van der Waals surface area contributed by atoms with E-state index in [0.717, 1.165) is 18.0 Å². The van der Waals surface area contributed by atoms with Crippen molar-refractivity contribution in [3.05, 3.63) is 24.3 Å². The monoisotopic (exact) mass is 210 g/mol. The maximum atomic E-state index is 8.58. The van der Waals surface area contributed by atoms with Crippen LogP contribution in [0.4, 0.5) is 5.69 Å². The molecule has 84 valence electrons. The zero-order valence-corrected chi connectivity index (χ0v) is 8.78. The molecule has 0 bridgehead atoms. The molecule has 0 aliphatic heterocycles. The molecule has 0 radical (unpaired) electrons. The van der Waals surface area contributed by atoms with Crippen molar-refractivity contribution in [1.82, 2.24) is 0 Å². The molecule has 4 heteroatoms. The number of hydrogen-bond acceptors (Lipinski definition) is 4. The average Bonchev–Trinajstić information content (AvgIpc) is 2.28. The van der Waals surface area contributed by atoms with Gasteiger partial charge in [0.15, 0.2) is 0 Å². The van der Waals surface area contributed by atoms with E-state index in [4.69, 9.17) is 15.6 Å². The van der Waals surface area contributed by atoms with Gasteiger partial charge in [0, 0.05) is 31.8 Å². The number of nitrogens with two attached hydrogens (primary N) is 1. The second-order valence-corrected chi connectivity index (χ2v) is 3.17. The number of anilines is 1. The Morgan fingerprint density at radius 2 is 2.00 bits per heavy atom. The van der Waals surface area contributed by atoms with Crippen molar-refractivity contribution in [1.29, 1.82) is 0 Å². The molecule has 0 aliphatic rings. The summed E-state index contributed by atoms with van der Waals surface area (Å²) in [6, 6.07) is 7.69. The highest BCUT2D eigenvalue weighted by molar-refractivity contribution is 5.46. The van der Waals surface area contributed by atoms with Gasteiger partial charge in [-0.15, -0.1) is 0 Å². The molecule has 4 N–H and O–H groups in total. The minimum atomic E-state index is 0.163. The van der Waals surface area contributed by atoms with Gasteiger partial charge in [0.2, 0.25) is 0 Å². The summed E-state index contributed by atoms with van der Waals surface area (Å²) in [6.45, 7) is 2.10. The van der Waals surface area contributed by atoms with Crippen LogP contribution in [0.5, 0.6) is 5.75 Å². The molecular weight excluding hydrogens is 192 g/mol. The highest BCUT2D eigenvalue weighted by atomic mass is 16.5. The quantitative estimate of drug-likeness (QED) is 0.583. The molecular formula is C11H18N2O2. The Morgan fingerprint density at radius 1 is 1.27 bits per heavy atom. The first kappa shape index (κ1) is 11.8. The predicted octanol–water partition coefficient (Wildman–Crippen LogP) is 0.818. The number of nitrogens with one attached hydrogen (secondary N) is 1. The van der Waals surface area contributed by atoms with E-state index >= 15 is 0 Å². The molecule has 1 aromatic carbocycles. The molecule has 15 heavy (non-hydrogen) atoms. The number of ether oxygens (including phenoxy) is 1. The SMILES string of the molecule is NCCNc1ccc(OCCCO)cc1. The maximum absolute atomic E-state index is 8.58. The molecule has 0 spiro atoms. The molecule has 0 fully saturated rings. The summed E-state index contributed by atoms with van der Waals surface area (Å²) in [5.41, 5.74) is 6.41. The summed E-state index contributed by atoms with van der Waals surface area (Å²) in [5, 5.41) is 11.8. The third kappa shape index (κ3) is 4.67. The summed E-state index contributed by atoms with van der Waals surface area (Å²) in [7, 11) is 0. The second-order valence-electron chi connectivity index (χ2n) is 3.17. The molecule has 0 saturated carbocycles. The zero-order valence-electron chi connectivity index (χ0n) is 8.78. The Bertz CT molecular complexity index is 262. The summed E-state index contributed by atoms with van der Waals surface area (Å²) < 4.78 is 5.39. The number of benzene rings is 1. The minimum absolute atomic E-state index is 0.163. The van der Waals surface area contributed by atoms with Crippen LogP contribution < -0.4 is 15.8 Å². The Balaban J connectivity index is 2.35. The van der Waals surface area contributed by atoms with Crippen LogP contribution in [0.25, 0.3) is 0 Å². The highest BCUT2D eigenvalue weighted by Gasteiger charge is 1.94. The lowest BCUT2D eigenvalue weighted by Crippen LogP contribution is -2.12. The predicted molar refractivity (Wildman–Crippen MR) is 61.2 cm³/mol. The van der Waals surface area contributed by atoms with E-state index in [9.17, 15) is 0 Å². The van der Waals surface area contributed by atoms with Gasteiger partial charge in [-0.25, -0.2) is 0 Å².